The zero-order valence-corrected chi connectivity index (χ0v) is 11.3. The first-order valence-electron chi connectivity index (χ1n) is 5.77. The molecule has 1 nitrogen and oxygen atoms in total. The zero-order valence-electron chi connectivity index (χ0n) is 9.69. The molecule has 3 aromatic rings. The van der Waals surface area contributed by atoms with Gasteiger partial charge in [-0.15, -0.1) is 11.3 Å². The standard InChI is InChI=1S/C15H12ClNS/c16-12-5-7-13(8-6-12)17-9-11-10-18-15-4-2-1-3-14(11)15/h1-8,10,17H,9H2. The minimum Gasteiger partial charge on any atom is -0.381 e. The molecule has 0 amide bonds. The average molecular weight is 274 g/mol. The molecule has 1 N–H and O–H groups in total. The number of hydrogen-bond donors (Lipinski definition) is 1. The van der Waals surface area contributed by atoms with Crippen LogP contribution in [-0.2, 0) is 6.54 Å². The summed E-state index contributed by atoms with van der Waals surface area (Å²) in [5.41, 5.74) is 2.43. The van der Waals surface area contributed by atoms with E-state index >= 15 is 0 Å². The highest BCUT2D eigenvalue weighted by molar-refractivity contribution is 7.17. The van der Waals surface area contributed by atoms with E-state index in [1.165, 1.54) is 15.6 Å². The molecule has 3 heteroatoms. The van der Waals surface area contributed by atoms with Crippen LogP contribution in [0, 0.1) is 0 Å². The van der Waals surface area contributed by atoms with Gasteiger partial charge in [0, 0.05) is 22.0 Å². The number of fused-ring (bicyclic) bond motifs is 1. The fraction of sp³-hybridized carbons (Fsp3) is 0.0667. The Labute approximate surface area is 115 Å². The van der Waals surface area contributed by atoms with E-state index in [2.05, 4.69) is 35.0 Å². The summed E-state index contributed by atoms with van der Waals surface area (Å²) in [5, 5.41) is 7.73. The van der Waals surface area contributed by atoms with Gasteiger partial charge in [0.2, 0.25) is 0 Å². The Balaban J connectivity index is 1.79. The third-order valence-electron chi connectivity index (χ3n) is 2.89. The van der Waals surface area contributed by atoms with Crippen molar-refractivity contribution in [3.8, 4) is 0 Å². The van der Waals surface area contributed by atoms with Gasteiger partial charge in [-0.05, 0) is 46.7 Å². The predicted molar refractivity (Wildman–Crippen MR) is 80.6 cm³/mol. The number of halogens is 1. The molecule has 1 heterocycles. The summed E-state index contributed by atoms with van der Waals surface area (Å²) >= 11 is 7.65. The van der Waals surface area contributed by atoms with Crippen molar-refractivity contribution >= 4 is 38.7 Å². The van der Waals surface area contributed by atoms with Crippen molar-refractivity contribution in [2.45, 2.75) is 6.54 Å². The Morgan fingerprint density at radius 3 is 2.61 bits per heavy atom. The van der Waals surface area contributed by atoms with E-state index in [0.29, 0.717) is 0 Å². The summed E-state index contributed by atoms with van der Waals surface area (Å²) < 4.78 is 1.34. The van der Waals surface area contributed by atoms with Gasteiger partial charge in [0.15, 0.2) is 0 Å². The van der Waals surface area contributed by atoms with Crippen LogP contribution in [0.25, 0.3) is 10.1 Å². The summed E-state index contributed by atoms with van der Waals surface area (Å²) in [6.45, 7) is 0.839. The fourth-order valence-electron chi connectivity index (χ4n) is 1.93. The SMILES string of the molecule is Clc1ccc(NCc2csc3ccccc23)cc1. The van der Waals surface area contributed by atoms with Gasteiger partial charge in [0.25, 0.3) is 0 Å². The highest BCUT2D eigenvalue weighted by Crippen LogP contribution is 2.26. The van der Waals surface area contributed by atoms with Gasteiger partial charge >= 0.3 is 0 Å². The van der Waals surface area contributed by atoms with Gasteiger partial charge in [0.05, 0.1) is 0 Å². The molecule has 0 fully saturated rings. The van der Waals surface area contributed by atoms with Crippen LogP contribution < -0.4 is 5.32 Å². The molecule has 3 rings (SSSR count). The molecule has 1 aromatic heterocycles. The number of hydrogen-bond acceptors (Lipinski definition) is 2. The van der Waals surface area contributed by atoms with Gasteiger partial charge in [-0.3, -0.25) is 0 Å². The molecule has 18 heavy (non-hydrogen) atoms. The molecular formula is C15H12ClNS. The lowest BCUT2D eigenvalue weighted by molar-refractivity contribution is 1.18. The Kier molecular flexibility index (Phi) is 3.22. The Hall–Kier alpha value is -1.51. The van der Waals surface area contributed by atoms with E-state index in [1.54, 1.807) is 11.3 Å². The van der Waals surface area contributed by atoms with Crippen LogP contribution in [0.2, 0.25) is 5.02 Å². The molecule has 0 atom stereocenters. The molecular weight excluding hydrogens is 262 g/mol. The van der Waals surface area contributed by atoms with Gasteiger partial charge in [0.1, 0.15) is 0 Å². The van der Waals surface area contributed by atoms with Crippen LogP contribution in [0.5, 0.6) is 0 Å². The lowest BCUT2D eigenvalue weighted by Crippen LogP contribution is -1.97. The largest absolute Gasteiger partial charge is 0.381 e. The minimum atomic E-state index is 0.765. The van der Waals surface area contributed by atoms with E-state index in [9.17, 15) is 0 Å². The fourth-order valence-corrected chi connectivity index (χ4v) is 3.02. The summed E-state index contributed by atoms with van der Waals surface area (Å²) in [7, 11) is 0. The van der Waals surface area contributed by atoms with Crippen molar-refractivity contribution in [1.29, 1.82) is 0 Å². The molecule has 0 aliphatic rings. The van der Waals surface area contributed by atoms with Crippen molar-refractivity contribution in [2.24, 2.45) is 0 Å². The second-order valence-electron chi connectivity index (χ2n) is 4.12. The van der Waals surface area contributed by atoms with E-state index in [0.717, 1.165) is 17.3 Å². The number of benzene rings is 2. The topological polar surface area (TPSA) is 12.0 Å². The van der Waals surface area contributed by atoms with E-state index < -0.39 is 0 Å². The number of rotatable bonds is 3. The predicted octanol–water partition coefficient (Wildman–Crippen LogP) is 5.17. The van der Waals surface area contributed by atoms with Crippen molar-refractivity contribution in [3.63, 3.8) is 0 Å². The van der Waals surface area contributed by atoms with Gasteiger partial charge < -0.3 is 5.32 Å². The number of nitrogens with one attached hydrogen (secondary N) is 1. The van der Waals surface area contributed by atoms with Crippen LogP contribution >= 0.6 is 22.9 Å². The molecule has 0 aliphatic heterocycles. The summed E-state index contributed by atoms with van der Waals surface area (Å²) in [6, 6.07) is 16.3. The first-order valence-corrected chi connectivity index (χ1v) is 7.03. The molecule has 90 valence electrons. The maximum atomic E-state index is 5.86. The quantitative estimate of drug-likeness (QED) is 0.694. The minimum absolute atomic E-state index is 0.765. The molecule has 0 radical (unpaired) electrons. The van der Waals surface area contributed by atoms with Crippen LogP contribution in [-0.4, -0.2) is 0 Å². The summed E-state index contributed by atoms with van der Waals surface area (Å²) in [4.78, 5) is 0. The maximum absolute atomic E-state index is 5.86. The third-order valence-corrected chi connectivity index (χ3v) is 4.15. The highest BCUT2D eigenvalue weighted by Gasteiger charge is 2.02. The molecule has 0 aliphatic carbocycles. The Morgan fingerprint density at radius 2 is 1.78 bits per heavy atom. The summed E-state index contributed by atoms with van der Waals surface area (Å²) in [6.07, 6.45) is 0. The van der Waals surface area contributed by atoms with Crippen molar-refractivity contribution in [2.75, 3.05) is 5.32 Å². The van der Waals surface area contributed by atoms with Crippen LogP contribution in [0.3, 0.4) is 0 Å². The van der Waals surface area contributed by atoms with Gasteiger partial charge in [-0.1, -0.05) is 29.8 Å². The molecule has 0 saturated heterocycles. The van der Waals surface area contributed by atoms with Gasteiger partial charge in [-0.25, -0.2) is 0 Å². The Bertz CT molecular complexity index is 658. The normalized spacial score (nSPS) is 10.7. The zero-order chi connectivity index (χ0) is 12.4. The molecule has 0 saturated carbocycles. The molecule has 0 bridgehead atoms. The molecule has 2 aromatic carbocycles. The Morgan fingerprint density at radius 1 is 1.00 bits per heavy atom. The first kappa shape index (κ1) is 11.6. The second-order valence-corrected chi connectivity index (χ2v) is 5.47. The first-order chi connectivity index (χ1) is 8.83. The monoisotopic (exact) mass is 273 g/mol. The van der Waals surface area contributed by atoms with E-state index in [-0.39, 0.29) is 0 Å². The lowest BCUT2D eigenvalue weighted by Gasteiger charge is -2.05. The lowest BCUT2D eigenvalue weighted by atomic mass is 10.2. The van der Waals surface area contributed by atoms with Crippen LogP contribution in [0.1, 0.15) is 5.56 Å². The number of anilines is 1. The molecule has 0 unspecified atom stereocenters. The average Bonchev–Trinajstić information content (AvgIpc) is 2.82. The van der Waals surface area contributed by atoms with Gasteiger partial charge in [-0.2, -0.15) is 0 Å². The third kappa shape index (κ3) is 2.35. The van der Waals surface area contributed by atoms with E-state index in [1.807, 2.05) is 24.3 Å². The van der Waals surface area contributed by atoms with Crippen molar-refractivity contribution in [3.05, 3.63) is 64.5 Å². The van der Waals surface area contributed by atoms with Crippen molar-refractivity contribution < 1.29 is 0 Å². The van der Waals surface area contributed by atoms with Crippen LogP contribution in [0.15, 0.2) is 53.9 Å². The molecule has 0 spiro atoms. The van der Waals surface area contributed by atoms with Crippen LogP contribution in [0.4, 0.5) is 5.69 Å². The second kappa shape index (κ2) is 5.01. The maximum Gasteiger partial charge on any atom is 0.0415 e. The highest BCUT2D eigenvalue weighted by atomic mass is 35.5. The van der Waals surface area contributed by atoms with E-state index in [4.69, 9.17) is 11.6 Å². The van der Waals surface area contributed by atoms with Crippen molar-refractivity contribution in [1.82, 2.24) is 0 Å². The number of thiophene rings is 1. The summed E-state index contributed by atoms with van der Waals surface area (Å²) in [5.74, 6) is 0. The smallest absolute Gasteiger partial charge is 0.0415 e.